The lowest BCUT2D eigenvalue weighted by molar-refractivity contribution is -0.187. The van der Waals surface area contributed by atoms with Crippen LogP contribution < -0.4 is 11.3 Å². The smallest absolute Gasteiger partial charge is 0.355 e. The first kappa shape index (κ1) is 25.2. The minimum Gasteiger partial charge on any atom is -0.457 e. The largest absolute Gasteiger partial charge is 0.457 e. The first-order valence-electron chi connectivity index (χ1n) is 12.2. The molecule has 1 aromatic carbocycles. The van der Waals surface area contributed by atoms with Gasteiger partial charge in [-0.25, -0.2) is 19.4 Å². The van der Waals surface area contributed by atoms with Crippen molar-refractivity contribution in [2.24, 2.45) is 5.73 Å². The number of carbonyl (C=O) groups is 3. The van der Waals surface area contributed by atoms with Crippen molar-refractivity contribution in [2.45, 2.75) is 58.5 Å². The predicted octanol–water partition coefficient (Wildman–Crippen LogP) is 2.81. The maximum atomic E-state index is 13.6. The summed E-state index contributed by atoms with van der Waals surface area (Å²) in [5.74, 6) is -2.79. The zero-order valence-corrected chi connectivity index (χ0v) is 21.5. The summed E-state index contributed by atoms with van der Waals surface area (Å²) >= 11 is 0. The topological polar surface area (TPSA) is 140 Å². The molecule has 4 heterocycles. The van der Waals surface area contributed by atoms with Gasteiger partial charge in [-0.3, -0.25) is 4.79 Å². The van der Waals surface area contributed by atoms with E-state index in [4.69, 9.17) is 24.9 Å². The lowest BCUT2D eigenvalue weighted by atomic mass is 9.85. The lowest BCUT2D eigenvalue weighted by Gasteiger charge is -2.35. The Morgan fingerprint density at radius 3 is 2.66 bits per heavy atom. The van der Waals surface area contributed by atoms with Crippen LogP contribution in [0, 0.1) is 0 Å². The summed E-state index contributed by atoms with van der Waals surface area (Å²) in [6, 6.07) is 11.3. The number of pyridine rings is 2. The number of fused-ring (bicyclic) bond motifs is 5. The first-order valence-corrected chi connectivity index (χ1v) is 12.2. The number of carbonyl (C=O) groups excluding carboxylic acids is 3. The quantitative estimate of drug-likeness (QED) is 0.246. The molecule has 0 radical (unpaired) electrons. The van der Waals surface area contributed by atoms with Crippen LogP contribution in [-0.2, 0) is 47.3 Å². The standard InChI is InChI=1S/C28H27N3O7/c1-5-28(38-25(34)19(29)12-22(32)37-27(2,3)4)18-11-21-23-16(10-15-8-6-7-9-20(15)30-23)13-31(21)24(33)17(18)14-36-26(28)35/h6-12H,5,13-14,29H2,1-4H3/b19-12+/t28-/m0/s1. The molecule has 0 unspecified atom stereocenters. The van der Waals surface area contributed by atoms with E-state index in [1.54, 1.807) is 38.3 Å². The SMILES string of the molecule is CC[C@@]1(OC(=O)/C(N)=C\C(=O)OC(C)(C)C)C(=O)OCc2c1cc1n(c2=O)Cc2cc3ccccc3nc2-1. The average molecular weight is 518 g/mol. The number of hydrogen-bond donors (Lipinski definition) is 1. The molecule has 1 atom stereocenters. The highest BCUT2D eigenvalue weighted by Gasteiger charge is 2.50. The van der Waals surface area contributed by atoms with Crippen LogP contribution in [0.15, 0.2) is 53.0 Å². The van der Waals surface area contributed by atoms with Crippen molar-refractivity contribution in [3.63, 3.8) is 0 Å². The molecule has 5 rings (SSSR count). The molecule has 2 N–H and O–H groups in total. The van der Waals surface area contributed by atoms with Gasteiger partial charge in [0.1, 0.15) is 17.9 Å². The lowest BCUT2D eigenvalue weighted by Crippen LogP contribution is -2.48. The van der Waals surface area contributed by atoms with Gasteiger partial charge in [-0.2, -0.15) is 0 Å². The number of hydrogen-bond acceptors (Lipinski definition) is 9. The van der Waals surface area contributed by atoms with Gasteiger partial charge in [0.25, 0.3) is 5.56 Å². The molecule has 0 fully saturated rings. The normalized spacial score (nSPS) is 18.3. The Hall–Kier alpha value is -4.47. The van der Waals surface area contributed by atoms with E-state index in [2.05, 4.69) is 0 Å². The van der Waals surface area contributed by atoms with Crippen molar-refractivity contribution in [2.75, 3.05) is 0 Å². The van der Waals surface area contributed by atoms with Crippen molar-refractivity contribution >= 4 is 28.8 Å². The van der Waals surface area contributed by atoms with Crippen molar-refractivity contribution < 1.29 is 28.6 Å². The molecule has 2 aliphatic rings. The number of nitrogens with two attached hydrogens (primary N) is 1. The van der Waals surface area contributed by atoms with E-state index in [1.807, 2.05) is 30.3 Å². The molecule has 38 heavy (non-hydrogen) atoms. The van der Waals surface area contributed by atoms with Gasteiger partial charge in [-0.05, 0) is 45.4 Å². The van der Waals surface area contributed by atoms with E-state index in [1.165, 1.54) is 0 Å². The van der Waals surface area contributed by atoms with Gasteiger partial charge in [0.2, 0.25) is 5.60 Å². The maximum absolute atomic E-state index is 13.6. The molecule has 2 aromatic heterocycles. The molecule has 0 amide bonds. The number of nitrogens with zero attached hydrogens (tertiary/aromatic N) is 2. The fraction of sp³-hybridized carbons (Fsp3) is 0.321. The molecular weight excluding hydrogens is 490 g/mol. The summed E-state index contributed by atoms with van der Waals surface area (Å²) in [5, 5.41) is 0.944. The minimum absolute atomic E-state index is 0.0365. The molecule has 10 heteroatoms. The van der Waals surface area contributed by atoms with Gasteiger partial charge < -0.3 is 24.5 Å². The first-order chi connectivity index (χ1) is 17.9. The number of benzene rings is 1. The molecule has 2 aliphatic heterocycles. The van der Waals surface area contributed by atoms with Crippen LogP contribution in [-0.4, -0.2) is 33.1 Å². The third-order valence-corrected chi connectivity index (χ3v) is 6.57. The molecule has 0 saturated heterocycles. The Bertz CT molecular complexity index is 1610. The van der Waals surface area contributed by atoms with Crippen LogP contribution in [0.25, 0.3) is 22.3 Å². The van der Waals surface area contributed by atoms with E-state index in [-0.39, 0.29) is 29.7 Å². The molecule has 0 saturated carbocycles. The van der Waals surface area contributed by atoms with E-state index < -0.39 is 34.8 Å². The van der Waals surface area contributed by atoms with Crippen LogP contribution in [0.4, 0.5) is 0 Å². The Balaban J connectivity index is 1.59. The van der Waals surface area contributed by atoms with Gasteiger partial charge in [0.15, 0.2) is 0 Å². The van der Waals surface area contributed by atoms with Gasteiger partial charge in [-0.15, -0.1) is 0 Å². The highest BCUT2D eigenvalue weighted by atomic mass is 16.6. The summed E-state index contributed by atoms with van der Waals surface area (Å²) in [4.78, 5) is 56.6. The fourth-order valence-corrected chi connectivity index (χ4v) is 4.82. The van der Waals surface area contributed by atoms with Crippen LogP contribution in [0.5, 0.6) is 0 Å². The third kappa shape index (κ3) is 4.11. The van der Waals surface area contributed by atoms with Gasteiger partial charge in [-0.1, -0.05) is 25.1 Å². The Morgan fingerprint density at radius 1 is 1.21 bits per heavy atom. The number of ether oxygens (including phenoxy) is 3. The van der Waals surface area contributed by atoms with Crippen LogP contribution in [0.1, 0.15) is 50.8 Å². The van der Waals surface area contributed by atoms with Gasteiger partial charge >= 0.3 is 17.9 Å². The Kier molecular flexibility index (Phi) is 5.85. The number of esters is 3. The van der Waals surface area contributed by atoms with Gasteiger partial charge in [0, 0.05) is 16.5 Å². The second-order valence-corrected chi connectivity index (χ2v) is 10.3. The van der Waals surface area contributed by atoms with Gasteiger partial charge in [0.05, 0.1) is 35.1 Å². The summed E-state index contributed by atoms with van der Waals surface area (Å²) in [5.41, 5.74) is 5.34. The van der Waals surface area contributed by atoms with Crippen molar-refractivity contribution in [3.05, 3.63) is 75.2 Å². The van der Waals surface area contributed by atoms with Crippen molar-refractivity contribution in [1.29, 1.82) is 0 Å². The summed E-state index contributed by atoms with van der Waals surface area (Å²) < 4.78 is 17.7. The Labute approximate surface area is 218 Å². The fourth-order valence-electron chi connectivity index (χ4n) is 4.82. The average Bonchev–Trinajstić information content (AvgIpc) is 3.21. The summed E-state index contributed by atoms with van der Waals surface area (Å²) in [6.45, 7) is 6.68. The zero-order chi connectivity index (χ0) is 27.4. The number of cyclic esters (lactones) is 1. The second-order valence-electron chi connectivity index (χ2n) is 10.3. The van der Waals surface area contributed by atoms with E-state index in [0.717, 1.165) is 22.5 Å². The third-order valence-electron chi connectivity index (χ3n) is 6.57. The van der Waals surface area contributed by atoms with Crippen LogP contribution in [0.2, 0.25) is 0 Å². The molecule has 10 nitrogen and oxygen atoms in total. The number of para-hydroxylation sites is 1. The Morgan fingerprint density at radius 2 is 1.95 bits per heavy atom. The molecule has 0 spiro atoms. The maximum Gasteiger partial charge on any atom is 0.355 e. The van der Waals surface area contributed by atoms with E-state index in [9.17, 15) is 19.2 Å². The van der Waals surface area contributed by atoms with E-state index >= 15 is 0 Å². The predicted molar refractivity (Wildman–Crippen MR) is 137 cm³/mol. The van der Waals surface area contributed by atoms with Crippen molar-refractivity contribution in [1.82, 2.24) is 9.55 Å². The highest BCUT2D eigenvalue weighted by Crippen LogP contribution is 2.41. The monoisotopic (exact) mass is 517 g/mol. The minimum atomic E-state index is -1.94. The summed E-state index contributed by atoms with van der Waals surface area (Å²) in [6.07, 6.45) is 0.764. The molecule has 3 aromatic rings. The van der Waals surface area contributed by atoms with Crippen molar-refractivity contribution in [3.8, 4) is 11.4 Å². The molecule has 0 aliphatic carbocycles. The van der Waals surface area contributed by atoms with Crippen LogP contribution >= 0.6 is 0 Å². The second kappa shape index (κ2) is 8.83. The molecular formula is C28H27N3O7. The number of aromatic nitrogens is 2. The van der Waals surface area contributed by atoms with Crippen LogP contribution in [0.3, 0.4) is 0 Å². The zero-order valence-electron chi connectivity index (χ0n) is 21.5. The summed E-state index contributed by atoms with van der Waals surface area (Å²) in [7, 11) is 0. The number of rotatable bonds is 4. The molecule has 196 valence electrons. The van der Waals surface area contributed by atoms with E-state index in [0.29, 0.717) is 17.9 Å². The highest BCUT2D eigenvalue weighted by molar-refractivity contribution is 5.98. The molecule has 0 bridgehead atoms.